The monoisotopic (exact) mass is 253 g/mol. The zero-order valence-corrected chi connectivity index (χ0v) is 11.2. The second-order valence-corrected chi connectivity index (χ2v) is 5.85. The molecule has 1 aliphatic heterocycles. The molecule has 0 aliphatic carbocycles. The van der Waals surface area contributed by atoms with Gasteiger partial charge in [-0.15, -0.1) is 11.8 Å². The van der Waals surface area contributed by atoms with E-state index in [0.29, 0.717) is 0 Å². The summed E-state index contributed by atoms with van der Waals surface area (Å²) in [7, 11) is 0. The van der Waals surface area contributed by atoms with Crippen LogP contribution in [0.1, 0.15) is 26.2 Å². The van der Waals surface area contributed by atoms with Crippen molar-refractivity contribution < 1.29 is 4.39 Å². The quantitative estimate of drug-likeness (QED) is 0.751. The van der Waals surface area contributed by atoms with Gasteiger partial charge in [0, 0.05) is 23.2 Å². The van der Waals surface area contributed by atoms with Crippen LogP contribution in [0.5, 0.6) is 0 Å². The summed E-state index contributed by atoms with van der Waals surface area (Å²) in [5, 5.41) is 0. The number of piperidine rings is 1. The second kappa shape index (κ2) is 6.41. The van der Waals surface area contributed by atoms with Gasteiger partial charge in [-0.1, -0.05) is 6.42 Å². The SMILES string of the molecule is CC1CCCCN1CCSc1ccc(F)cc1. The molecule has 0 amide bonds. The van der Waals surface area contributed by atoms with Crippen molar-refractivity contribution in [1.82, 2.24) is 4.90 Å². The number of nitrogens with zero attached hydrogens (tertiary/aromatic N) is 1. The molecule has 1 aromatic carbocycles. The first-order valence-corrected chi connectivity index (χ1v) is 7.37. The summed E-state index contributed by atoms with van der Waals surface area (Å²) in [5.41, 5.74) is 0. The van der Waals surface area contributed by atoms with Crippen LogP contribution in [0.15, 0.2) is 29.2 Å². The highest BCUT2D eigenvalue weighted by Gasteiger charge is 2.17. The van der Waals surface area contributed by atoms with E-state index in [1.165, 1.54) is 37.9 Å². The lowest BCUT2D eigenvalue weighted by Gasteiger charge is -2.33. The van der Waals surface area contributed by atoms with Crippen molar-refractivity contribution >= 4 is 11.8 Å². The van der Waals surface area contributed by atoms with Gasteiger partial charge in [-0.2, -0.15) is 0 Å². The number of halogens is 1. The van der Waals surface area contributed by atoms with E-state index in [1.807, 2.05) is 23.9 Å². The minimum absolute atomic E-state index is 0.154. The minimum atomic E-state index is -0.154. The Labute approximate surface area is 107 Å². The van der Waals surface area contributed by atoms with Crippen LogP contribution in [0, 0.1) is 5.82 Å². The number of rotatable bonds is 4. The maximum absolute atomic E-state index is 12.7. The van der Waals surface area contributed by atoms with Crippen molar-refractivity contribution in [2.24, 2.45) is 0 Å². The summed E-state index contributed by atoms with van der Waals surface area (Å²) in [6.07, 6.45) is 4.05. The molecule has 0 N–H and O–H groups in total. The number of benzene rings is 1. The van der Waals surface area contributed by atoms with Crippen molar-refractivity contribution in [3.05, 3.63) is 30.1 Å². The van der Waals surface area contributed by atoms with Crippen LogP contribution in [-0.4, -0.2) is 29.8 Å². The van der Waals surface area contributed by atoms with Gasteiger partial charge < -0.3 is 0 Å². The maximum Gasteiger partial charge on any atom is 0.123 e. The first kappa shape index (κ1) is 12.9. The summed E-state index contributed by atoms with van der Waals surface area (Å²) >= 11 is 1.82. The van der Waals surface area contributed by atoms with Crippen molar-refractivity contribution in [2.45, 2.75) is 37.1 Å². The van der Waals surface area contributed by atoms with E-state index < -0.39 is 0 Å². The number of hydrogen-bond donors (Lipinski definition) is 0. The average molecular weight is 253 g/mol. The molecule has 1 saturated heterocycles. The van der Waals surface area contributed by atoms with Gasteiger partial charge >= 0.3 is 0 Å². The molecule has 0 spiro atoms. The molecule has 1 aromatic rings. The Morgan fingerprint density at radius 2 is 2.06 bits per heavy atom. The number of hydrogen-bond acceptors (Lipinski definition) is 2. The normalized spacial score (nSPS) is 21.6. The molecule has 1 unspecified atom stereocenters. The summed E-state index contributed by atoms with van der Waals surface area (Å²) in [6.45, 7) is 4.70. The van der Waals surface area contributed by atoms with Crippen LogP contribution >= 0.6 is 11.8 Å². The van der Waals surface area contributed by atoms with Crippen LogP contribution in [0.4, 0.5) is 4.39 Å². The van der Waals surface area contributed by atoms with E-state index in [0.717, 1.165) is 23.2 Å². The van der Waals surface area contributed by atoms with Crippen LogP contribution in [0.25, 0.3) is 0 Å². The Hall–Kier alpha value is -0.540. The molecule has 2 rings (SSSR count). The molecule has 17 heavy (non-hydrogen) atoms. The summed E-state index contributed by atoms with van der Waals surface area (Å²) in [4.78, 5) is 3.73. The summed E-state index contributed by atoms with van der Waals surface area (Å²) in [5.74, 6) is 0.940. The Bertz CT molecular complexity index is 339. The van der Waals surface area contributed by atoms with Gasteiger partial charge in [0.2, 0.25) is 0 Å². The van der Waals surface area contributed by atoms with E-state index in [4.69, 9.17) is 0 Å². The first-order valence-electron chi connectivity index (χ1n) is 6.38. The molecule has 1 aliphatic rings. The lowest BCUT2D eigenvalue weighted by Crippen LogP contribution is -2.38. The molecule has 0 bridgehead atoms. The van der Waals surface area contributed by atoms with E-state index >= 15 is 0 Å². The van der Waals surface area contributed by atoms with Gasteiger partial charge in [-0.25, -0.2) is 4.39 Å². The van der Waals surface area contributed by atoms with Gasteiger partial charge in [-0.3, -0.25) is 4.90 Å². The fourth-order valence-corrected chi connectivity index (χ4v) is 3.19. The largest absolute Gasteiger partial charge is 0.300 e. The molecule has 3 heteroatoms. The van der Waals surface area contributed by atoms with Gasteiger partial charge in [-0.05, 0) is 50.6 Å². The van der Waals surface area contributed by atoms with Crippen molar-refractivity contribution in [1.29, 1.82) is 0 Å². The standard InChI is InChI=1S/C14H20FNS/c1-12-4-2-3-9-16(12)10-11-17-14-7-5-13(15)6-8-14/h5-8,12H,2-4,9-11H2,1H3. The van der Waals surface area contributed by atoms with Crippen LogP contribution < -0.4 is 0 Å². The minimum Gasteiger partial charge on any atom is -0.300 e. The fraction of sp³-hybridized carbons (Fsp3) is 0.571. The van der Waals surface area contributed by atoms with Crippen LogP contribution in [0.3, 0.4) is 0 Å². The third kappa shape index (κ3) is 4.00. The Morgan fingerprint density at radius 3 is 2.76 bits per heavy atom. The predicted octanol–water partition coefficient (Wildman–Crippen LogP) is 3.79. The molecule has 0 radical (unpaired) electrons. The van der Waals surface area contributed by atoms with Gasteiger partial charge in [0.05, 0.1) is 0 Å². The zero-order valence-electron chi connectivity index (χ0n) is 10.4. The van der Waals surface area contributed by atoms with Gasteiger partial charge in [0.1, 0.15) is 5.82 Å². The topological polar surface area (TPSA) is 3.24 Å². The lowest BCUT2D eigenvalue weighted by atomic mass is 10.0. The third-order valence-electron chi connectivity index (χ3n) is 3.40. The van der Waals surface area contributed by atoms with Crippen LogP contribution in [-0.2, 0) is 0 Å². The van der Waals surface area contributed by atoms with E-state index in [-0.39, 0.29) is 5.82 Å². The summed E-state index contributed by atoms with van der Waals surface area (Å²) < 4.78 is 12.7. The molecule has 0 aromatic heterocycles. The molecular formula is C14H20FNS. The molecule has 0 saturated carbocycles. The second-order valence-electron chi connectivity index (χ2n) is 4.68. The van der Waals surface area contributed by atoms with Gasteiger partial charge in [0.15, 0.2) is 0 Å². The Balaban J connectivity index is 1.73. The highest BCUT2D eigenvalue weighted by molar-refractivity contribution is 7.99. The van der Waals surface area contributed by atoms with Gasteiger partial charge in [0.25, 0.3) is 0 Å². The average Bonchev–Trinajstić information content (AvgIpc) is 2.34. The first-order chi connectivity index (χ1) is 8.25. The Morgan fingerprint density at radius 1 is 1.29 bits per heavy atom. The highest BCUT2D eigenvalue weighted by atomic mass is 32.2. The number of likely N-dealkylation sites (tertiary alicyclic amines) is 1. The van der Waals surface area contributed by atoms with E-state index in [1.54, 1.807) is 0 Å². The molecular weight excluding hydrogens is 233 g/mol. The third-order valence-corrected chi connectivity index (χ3v) is 4.39. The summed E-state index contributed by atoms with van der Waals surface area (Å²) in [6, 6.07) is 7.52. The van der Waals surface area contributed by atoms with E-state index in [9.17, 15) is 4.39 Å². The maximum atomic E-state index is 12.7. The highest BCUT2D eigenvalue weighted by Crippen LogP contribution is 2.21. The molecule has 94 valence electrons. The number of thioether (sulfide) groups is 1. The Kier molecular flexibility index (Phi) is 4.86. The van der Waals surface area contributed by atoms with Crippen LogP contribution in [0.2, 0.25) is 0 Å². The lowest BCUT2D eigenvalue weighted by molar-refractivity contribution is 0.171. The van der Waals surface area contributed by atoms with E-state index in [2.05, 4.69) is 11.8 Å². The predicted molar refractivity (Wildman–Crippen MR) is 72.0 cm³/mol. The van der Waals surface area contributed by atoms with Crippen molar-refractivity contribution in [3.8, 4) is 0 Å². The van der Waals surface area contributed by atoms with Crippen molar-refractivity contribution in [3.63, 3.8) is 0 Å². The molecule has 1 heterocycles. The smallest absolute Gasteiger partial charge is 0.123 e. The molecule has 1 fully saturated rings. The molecule has 1 nitrogen and oxygen atoms in total. The molecule has 1 atom stereocenters. The zero-order chi connectivity index (χ0) is 12.1. The fourth-order valence-electron chi connectivity index (χ4n) is 2.30. The van der Waals surface area contributed by atoms with Crippen molar-refractivity contribution in [2.75, 3.05) is 18.8 Å².